The summed E-state index contributed by atoms with van der Waals surface area (Å²) < 4.78 is 20.0. The second kappa shape index (κ2) is 6.02. The van der Waals surface area contributed by atoms with Crippen LogP contribution in [0.4, 0.5) is 0 Å². The SMILES string of the molecule is COC(=O)c1cccc(C=N[S@@+]([O-])C(C)(C)C)c1. The summed E-state index contributed by atoms with van der Waals surface area (Å²) in [4.78, 5) is 11.3. The minimum Gasteiger partial charge on any atom is -0.591 e. The minimum atomic E-state index is -1.30. The summed E-state index contributed by atoms with van der Waals surface area (Å²) in [7, 11) is 1.33. The lowest BCUT2D eigenvalue weighted by Crippen LogP contribution is -2.25. The van der Waals surface area contributed by atoms with Crippen LogP contribution in [0.5, 0.6) is 0 Å². The van der Waals surface area contributed by atoms with Crippen LogP contribution in [0.25, 0.3) is 0 Å². The van der Waals surface area contributed by atoms with Crippen LogP contribution < -0.4 is 0 Å². The van der Waals surface area contributed by atoms with Gasteiger partial charge < -0.3 is 9.29 Å². The van der Waals surface area contributed by atoms with Gasteiger partial charge in [0.05, 0.1) is 18.9 Å². The van der Waals surface area contributed by atoms with Gasteiger partial charge in [0.25, 0.3) is 0 Å². The molecule has 0 bridgehead atoms. The number of benzene rings is 1. The molecule has 4 nitrogen and oxygen atoms in total. The molecule has 0 saturated carbocycles. The van der Waals surface area contributed by atoms with E-state index in [0.29, 0.717) is 5.56 Å². The van der Waals surface area contributed by atoms with Crippen LogP contribution in [-0.4, -0.2) is 28.6 Å². The van der Waals surface area contributed by atoms with Gasteiger partial charge in [-0.1, -0.05) is 16.5 Å². The molecular weight excluding hydrogens is 250 g/mol. The highest BCUT2D eigenvalue weighted by atomic mass is 32.2. The van der Waals surface area contributed by atoms with Gasteiger partial charge in [-0.05, 0) is 38.5 Å². The summed E-state index contributed by atoms with van der Waals surface area (Å²) in [6.45, 7) is 5.56. The van der Waals surface area contributed by atoms with E-state index in [9.17, 15) is 9.35 Å². The molecule has 0 N–H and O–H groups in total. The Bertz CT molecular complexity index is 452. The highest BCUT2D eigenvalue weighted by Crippen LogP contribution is 2.17. The van der Waals surface area contributed by atoms with Gasteiger partial charge in [-0.15, -0.1) is 0 Å². The number of rotatable bonds is 3. The topological polar surface area (TPSA) is 61.7 Å². The Morgan fingerprint density at radius 3 is 2.67 bits per heavy atom. The maximum absolute atomic E-state index is 11.7. The van der Waals surface area contributed by atoms with E-state index in [1.165, 1.54) is 13.3 Å². The molecule has 5 heteroatoms. The summed E-state index contributed by atoms with van der Waals surface area (Å²) in [5.41, 5.74) is 1.17. The zero-order valence-electron chi connectivity index (χ0n) is 11.0. The molecule has 1 aromatic carbocycles. The predicted molar refractivity (Wildman–Crippen MR) is 73.3 cm³/mol. The number of ether oxygens (including phenoxy) is 1. The van der Waals surface area contributed by atoms with E-state index in [0.717, 1.165) is 5.56 Å². The average molecular weight is 267 g/mol. The van der Waals surface area contributed by atoms with E-state index in [2.05, 4.69) is 9.13 Å². The van der Waals surface area contributed by atoms with Gasteiger partial charge in [0.15, 0.2) is 0 Å². The van der Waals surface area contributed by atoms with Crippen LogP contribution in [0.15, 0.2) is 28.7 Å². The molecule has 1 atom stereocenters. The van der Waals surface area contributed by atoms with E-state index in [4.69, 9.17) is 0 Å². The van der Waals surface area contributed by atoms with Crippen molar-refractivity contribution < 1.29 is 14.1 Å². The normalized spacial score (nSPS) is 13.6. The maximum atomic E-state index is 11.7. The Morgan fingerprint density at radius 2 is 2.11 bits per heavy atom. The molecule has 1 rings (SSSR count). The first kappa shape index (κ1) is 14.7. The molecule has 98 valence electrons. The number of hydrogen-bond donors (Lipinski definition) is 0. The van der Waals surface area contributed by atoms with Crippen molar-refractivity contribution in [1.29, 1.82) is 0 Å². The molecule has 0 spiro atoms. The van der Waals surface area contributed by atoms with Crippen LogP contribution in [0.2, 0.25) is 0 Å². The Hall–Kier alpha value is -1.33. The maximum Gasteiger partial charge on any atom is 0.337 e. The van der Waals surface area contributed by atoms with Gasteiger partial charge in [-0.25, -0.2) is 4.79 Å². The lowest BCUT2D eigenvalue weighted by Gasteiger charge is -2.17. The molecule has 0 aliphatic rings. The van der Waals surface area contributed by atoms with Crippen LogP contribution in [0, 0.1) is 0 Å². The number of methoxy groups -OCH3 is 1. The summed E-state index contributed by atoms with van der Waals surface area (Å²) in [5.74, 6) is -0.401. The van der Waals surface area contributed by atoms with E-state index >= 15 is 0 Å². The number of hydrogen-bond acceptors (Lipinski definition) is 4. The van der Waals surface area contributed by atoms with Gasteiger partial charge in [0, 0.05) is 0 Å². The highest BCUT2D eigenvalue weighted by Gasteiger charge is 2.25. The largest absolute Gasteiger partial charge is 0.591 e. The number of carbonyl (C=O) groups excluding carboxylic acids is 1. The number of nitrogens with zero attached hydrogens (tertiary/aromatic N) is 1. The first-order chi connectivity index (χ1) is 8.34. The summed E-state index contributed by atoms with van der Waals surface area (Å²) in [6, 6.07) is 6.82. The van der Waals surface area contributed by atoms with Crippen molar-refractivity contribution in [3.63, 3.8) is 0 Å². The van der Waals surface area contributed by atoms with Crippen LogP contribution in [0.1, 0.15) is 36.7 Å². The molecule has 0 aliphatic carbocycles. The summed E-state index contributed by atoms with van der Waals surface area (Å²) in [6.07, 6.45) is 1.51. The Balaban J connectivity index is 2.86. The van der Waals surface area contributed by atoms with Gasteiger partial charge in [-0.2, -0.15) is 0 Å². The predicted octanol–water partition coefficient (Wildman–Crippen LogP) is 2.35. The number of carbonyl (C=O) groups is 1. The third-order valence-corrected chi connectivity index (χ3v) is 3.47. The van der Waals surface area contributed by atoms with Gasteiger partial charge in [0.2, 0.25) is 0 Å². The lowest BCUT2D eigenvalue weighted by atomic mass is 10.1. The van der Waals surface area contributed by atoms with Crippen LogP contribution >= 0.6 is 0 Å². The third kappa shape index (κ3) is 4.16. The molecule has 0 fully saturated rings. The molecule has 0 heterocycles. The van der Waals surface area contributed by atoms with Crippen molar-refractivity contribution in [2.75, 3.05) is 7.11 Å². The first-order valence-electron chi connectivity index (χ1n) is 5.49. The van der Waals surface area contributed by atoms with Crippen LogP contribution in [-0.2, 0) is 16.1 Å². The van der Waals surface area contributed by atoms with E-state index in [-0.39, 0.29) is 0 Å². The molecule has 0 radical (unpaired) electrons. The second-order valence-electron chi connectivity index (χ2n) is 4.71. The molecular formula is C13H17NO3S. The third-order valence-electron chi connectivity index (χ3n) is 2.13. The van der Waals surface area contributed by atoms with E-state index in [1.54, 1.807) is 24.3 Å². The summed E-state index contributed by atoms with van der Waals surface area (Å²) in [5, 5.41) is 0. The van der Waals surface area contributed by atoms with Gasteiger partial charge >= 0.3 is 5.97 Å². The van der Waals surface area contributed by atoms with E-state index in [1.807, 2.05) is 20.8 Å². The molecule has 1 aromatic rings. The molecule has 0 saturated heterocycles. The Kier molecular flexibility index (Phi) is 4.93. The lowest BCUT2D eigenvalue weighted by molar-refractivity contribution is 0.0600. The zero-order chi connectivity index (χ0) is 13.8. The first-order valence-corrected chi connectivity index (χ1v) is 6.59. The highest BCUT2D eigenvalue weighted by molar-refractivity contribution is 7.91. The fourth-order valence-corrected chi connectivity index (χ4v) is 1.66. The van der Waals surface area contributed by atoms with Gasteiger partial charge in [-0.3, -0.25) is 0 Å². The smallest absolute Gasteiger partial charge is 0.337 e. The van der Waals surface area contributed by atoms with Crippen molar-refractivity contribution in [3.8, 4) is 0 Å². The fourth-order valence-electron chi connectivity index (χ4n) is 1.13. The van der Waals surface area contributed by atoms with E-state index < -0.39 is 22.1 Å². The molecule has 18 heavy (non-hydrogen) atoms. The monoisotopic (exact) mass is 267 g/mol. The molecule has 0 aliphatic heterocycles. The van der Waals surface area contributed by atoms with Gasteiger partial charge in [0.1, 0.15) is 16.1 Å². The van der Waals surface area contributed by atoms with Crippen molar-refractivity contribution in [2.24, 2.45) is 4.40 Å². The fraction of sp³-hybridized carbons (Fsp3) is 0.385. The Labute approximate surface area is 110 Å². The second-order valence-corrected chi connectivity index (χ2v) is 6.65. The van der Waals surface area contributed by atoms with Crippen molar-refractivity contribution in [2.45, 2.75) is 25.5 Å². The summed E-state index contributed by atoms with van der Waals surface area (Å²) >= 11 is -1.30. The number of esters is 1. The van der Waals surface area contributed by atoms with Crippen molar-refractivity contribution in [1.82, 2.24) is 0 Å². The molecule has 0 amide bonds. The molecule has 0 aromatic heterocycles. The van der Waals surface area contributed by atoms with Crippen molar-refractivity contribution >= 4 is 23.5 Å². The average Bonchev–Trinajstić information content (AvgIpc) is 2.34. The van der Waals surface area contributed by atoms with Crippen LogP contribution in [0.3, 0.4) is 0 Å². The molecule has 0 unspecified atom stereocenters. The quantitative estimate of drug-likeness (QED) is 0.480. The van der Waals surface area contributed by atoms with Crippen molar-refractivity contribution in [3.05, 3.63) is 35.4 Å². The Morgan fingerprint density at radius 1 is 1.44 bits per heavy atom. The standard InChI is InChI=1S/C13H17NO3S/c1-13(2,3)18(16)14-9-10-6-5-7-11(8-10)12(15)17-4/h5-9H,1-4H3/t18-/m0/s1. The zero-order valence-corrected chi connectivity index (χ0v) is 11.8. The minimum absolute atomic E-state index is 0.392.